The van der Waals surface area contributed by atoms with Crippen LogP contribution < -0.4 is 4.74 Å². The maximum absolute atomic E-state index is 5.64. The number of nitrogens with zero attached hydrogens (tertiary/aromatic N) is 2. The number of benzene rings is 2. The van der Waals surface area contributed by atoms with Gasteiger partial charge in [-0.1, -0.05) is 63.2 Å². The second kappa shape index (κ2) is 11.2. The van der Waals surface area contributed by atoms with E-state index in [0.717, 1.165) is 31.8 Å². The maximum Gasteiger partial charge on any atom is 0.123 e. The van der Waals surface area contributed by atoms with E-state index in [1.807, 2.05) is 6.07 Å². The van der Waals surface area contributed by atoms with Crippen molar-refractivity contribution >= 4 is 0 Å². The number of likely N-dealkylation sites (N-methyl/N-ethyl adjacent to an activating group) is 1. The fraction of sp³-hybridized carbons (Fsp3) is 0.520. The van der Waals surface area contributed by atoms with Crippen molar-refractivity contribution in [2.24, 2.45) is 5.92 Å². The zero-order valence-corrected chi connectivity index (χ0v) is 18.6. The minimum absolute atomic E-state index is 0.491. The average molecular weight is 383 g/mol. The van der Waals surface area contributed by atoms with Gasteiger partial charge in [0, 0.05) is 31.2 Å². The van der Waals surface area contributed by atoms with Crippen LogP contribution in [0, 0.1) is 5.92 Å². The first-order valence-electron chi connectivity index (χ1n) is 10.5. The molecule has 0 spiro atoms. The Balaban J connectivity index is 2.34. The highest BCUT2D eigenvalue weighted by molar-refractivity contribution is 5.33. The Kier molecular flexibility index (Phi) is 9.01. The van der Waals surface area contributed by atoms with Crippen LogP contribution in [-0.2, 0) is 19.5 Å². The van der Waals surface area contributed by atoms with Gasteiger partial charge in [-0.15, -0.1) is 0 Å². The predicted octanol–water partition coefficient (Wildman–Crippen LogP) is 5.24. The molecule has 0 aromatic heterocycles. The normalized spacial score (nSPS) is 12.8. The third-order valence-corrected chi connectivity index (χ3v) is 5.19. The monoisotopic (exact) mass is 382 g/mol. The van der Waals surface area contributed by atoms with Gasteiger partial charge in [0.05, 0.1) is 7.11 Å². The Labute approximate surface area is 172 Å². The van der Waals surface area contributed by atoms with Gasteiger partial charge in [-0.05, 0) is 50.0 Å². The molecule has 0 bridgehead atoms. The molecular weight excluding hydrogens is 344 g/mol. The minimum atomic E-state index is 0.491. The number of hydrogen-bond donors (Lipinski definition) is 0. The van der Waals surface area contributed by atoms with E-state index in [9.17, 15) is 0 Å². The summed E-state index contributed by atoms with van der Waals surface area (Å²) >= 11 is 0. The summed E-state index contributed by atoms with van der Waals surface area (Å²) in [5.74, 6) is 1.63. The molecule has 0 aliphatic heterocycles. The summed E-state index contributed by atoms with van der Waals surface area (Å²) in [5, 5.41) is 0. The first-order valence-corrected chi connectivity index (χ1v) is 10.5. The molecule has 0 unspecified atom stereocenters. The highest BCUT2D eigenvalue weighted by Crippen LogP contribution is 2.24. The lowest BCUT2D eigenvalue weighted by atomic mass is 9.99. The fourth-order valence-electron chi connectivity index (χ4n) is 3.85. The lowest BCUT2D eigenvalue weighted by Gasteiger charge is -2.35. The van der Waals surface area contributed by atoms with E-state index in [4.69, 9.17) is 4.74 Å². The molecule has 0 amide bonds. The SMILES string of the molecule is CCc1cccc(CN(Cc2ccccc2OC)[C@@H](CC(C)C)CN(C)C)c1. The number of ether oxygens (including phenoxy) is 1. The Hall–Kier alpha value is -1.84. The molecule has 0 radical (unpaired) electrons. The van der Waals surface area contributed by atoms with Gasteiger partial charge in [0.1, 0.15) is 5.75 Å². The number of para-hydroxylation sites is 1. The highest BCUT2D eigenvalue weighted by Gasteiger charge is 2.22. The Morgan fingerprint density at radius 3 is 2.29 bits per heavy atom. The highest BCUT2D eigenvalue weighted by atomic mass is 16.5. The van der Waals surface area contributed by atoms with Crippen LogP contribution in [0.5, 0.6) is 5.75 Å². The molecule has 3 nitrogen and oxygen atoms in total. The third-order valence-electron chi connectivity index (χ3n) is 5.19. The van der Waals surface area contributed by atoms with Crippen molar-refractivity contribution in [2.75, 3.05) is 27.7 Å². The van der Waals surface area contributed by atoms with Crippen LogP contribution in [0.2, 0.25) is 0 Å². The van der Waals surface area contributed by atoms with Crippen LogP contribution in [0.3, 0.4) is 0 Å². The van der Waals surface area contributed by atoms with Gasteiger partial charge in [-0.25, -0.2) is 0 Å². The number of aryl methyl sites for hydroxylation is 1. The van der Waals surface area contributed by atoms with E-state index in [2.05, 4.69) is 87.1 Å². The zero-order chi connectivity index (χ0) is 20.5. The summed E-state index contributed by atoms with van der Waals surface area (Å²) in [6.45, 7) is 9.77. The Bertz CT molecular complexity index is 701. The number of methoxy groups -OCH3 is 1. The molecule has 28 heavy (non-hydrogen) atoms. The Morgan fingerprint density at radius 2 is 1.64 bits per heavy atom. The molecule has 0 heterocycles. The zero-order valence-electron chi connectivity index (χ0n) is 18.6. The van der Waals surface area contributed by atoms with Crippen LogP contribution in [0.25, 0.3) is 0 Å². The van der Waals surface area contributed by atoms with E-state index in [-0.39, 0.29) is 0 Å². The van der Waals surface area contributed by atoms with Crippen LogP contribution >= 0.6 is 0 Å². The van der Waals surface area contributed by atoms with Crippen molar-refractivity contribution < 1.29 is 4.74 Å². The summed E-state index contributed by atoms with van der Waals surface area (Å²) in [6, 6.07) is 17.9. The molecule has 2 aromatic carbocycles. The summed E-state index contributed by atoms with van der Waals surface area (Å²) < 4.78 is 5.64. The van der Waals surface area contributed by atoms with Crippen molar-refractivity contribution in [1.82, 2.24) is 9.80 Å². The molecule has 154 valence electrons. The van der Waals surface area contributed by atoms with Crippen molar-refractivity contribution in [1.29, 1.82) is 0 Å². The summed E-state index contributed by atoms with van der Waals surface area (Å²) in [7, 11) is 6.11. The number of hydrogen-bond acceptors (Lipinski definition) is 3. The van der Waals surface area contributed by atoms with Crippen LogP contribution in [-0.4, -0.2) is 43.6 Å². The van der Waals surface area contributed by atoms with Gasteiger partial charge < -0.3 is 9.64 Å². The lowest BCUT2D eigenvalue weighted by Crippen LogP contribution is -2.42. The van der Waals surface area contributed by atoms with Crippen molar-refractivity contribution in [3.05, 3.63) is 65.2 Å². The molecule has 2 rings (SSSR count). The first kappa shape index (κ1) is 22.4. The summed E-state index contributed by atoms with van der Waals surface area (Å²) in [6.07, 6.45) is 2.26. The van der Waals surface area contributed by atoms with Crippen LogP contribution in [0.1, 0.15) is 43.9 Å². The summed E-state index contributed by atoms with van der Waals surface area (Å²) in [5.41, 5.74) is 4.05. The second-order valence-corrected chi connectivity index (χ2v) is 8.44. The van der Waals surface area contributed by atoms with Crippen molar-refractivity contribution in [3.63, 3.8) is 0 Å². The van der Waals surface area contributed by atoms with E-state index in [1.165, 1.54) is 23.1 Å². The van der Waals surface area contributed by atoms with E-state index < -0.39 is 0 Å². The molecule has 0 aliphatic carbocycles. The quantitative estimate of drug-likeness (QED) is 0.529. The van der Waals surface area contributed by atoms with Crippen molar-refractivity contribution in [3.8, 4) is 5.75 Å². The standard InChI is InChI=1S/C25H38N2O/c1-7-21-11-10-12-22(16-21)17-27(24(15-20(2)3)19-26(4)5)18-23-13-8-9-14-25(23)28-6/h8-14,16,20,24H,7,15,17-19H2,1-6H3/t24-/m0/s1. The van der Waals surface area contributed by atoms with Crippen LogP contribution in [0.15, 0.2) is 48.5 Å². The molecule has 0 fully saturated rings. The molecule has 2 aromatic rings. The van der Waals surface area contributed by atoms with Crippen molar-refractivity contribution in [2.45, 2.75) is 52.7 Å². The lowest BCUT2D eigenvalue weighted by molar-refractivity contribution is 0.126. The van der Waals surface area contributed by atoms with E-state index >= 15 is 0 Å². The topological polar surface area (TPSA) is 15.7 Å². The summed E-state index contributed by atoms with van der Waals surface area (Å²) in [4.78, 5) is 4.94. The van der Waals surface area contributed by atoms with E-state index in [1.54, 1.807) is 7.11 Å². The van der Waals surface area contributed by atoms with Gasteiger partial charge in [-0.2, -0.15) is 0 Å². The Morgan fingerprint density at radius 1 is 0.929 bits per heavy atom. The molecule has 3 heteroatoms. The van der Waals surface area contributed by atoms with Crippen LogP contribution in [0.4, 0.5) is 0 Å². The molecule has 0 aliphatic rings. The van der Waals surface area contributed by atoms with Gasteiger partial charge in [0.25, 0.3) is 0 Å². The maximum atomic E-state index is 5.64. The minimum Gasteiger partial charge on any atom is -0.496 e. The predicted molar refractivity (Wildman–Crippen MR) is 120 cm³/mol. The van der Waals surface area contributed by atoms with Gasteiger partial charge in [0.2, 0.25) is 0 Å². The molecule has 0 N–H and O–H groups in total. The van der Waals surface area contributed by atoms with Gasteiger partial charge in [0.15, 0.2) is 0 Å². The largest absolute Gasteiger partial charge is 0.496 e. The van der Waals surface area contributed by atoms with Gasteiger partial charge >= 0.3 is 0 Å². The fourth-order valence-corrected chi connectivity index (χ4v) is 3.85. The second-order valence-electron chi connectivity index (χ2n) is 8.44. The molecular formula is C25H38N2O. The number of rotatable bonds is 11. The first-order chi connectivity index (χ1) is 13.4. The smallest absolute Gasteiger partial charge is 0.123 e. The van der Waals surface area contributed by atoms with E-state index in [0.29, 0.717) is 12.0 Å². The molecule has 0 saturated heterocycles. The molecule has 0 saturated carbocycles. The third kappa shape index (κ3) is 6.96. The average Bonchev–Trinajstić information content (AvgIpc) is 2.67. The van der Waals surface area contributed by atoms with Gasteiger partial charge in [-0.3, -0.25) is 4.90 Å². The molecule has 1 atom stereocenters.